The van der Waals surface area contributed by atoms with Crippen LogP contribution in [0, 0.1) is 28.1 Å². The quantitative estimate of drug-likeness (QED) is 0.189. The van der Waals surface area contributed by atoms with Gasteiger partial charge in [-0.25, -0.2) is 9.97 Å². The van der Waals surface area contributed by atoms with E-state index >= 15 is 0 Å². The third-order valence-corrected chi connectivity index (χ3v) is 11.8. The molecule has 3 N–H and O–H groups in total. The predicted octanol–water partition coefficient (Wildman–Crippen LogP) is 2.52. The number of nitrogens with zero attached hydrogens (tertiary/aromatic N) is 7. The zero-order valence-corrected chi connectivity index (χ0v) is 31.1. The van der Waals surface area contributed by atoms with Gasteiger partial charge in [0.05, 0.1) is 40.7 Å². The molecule has 1 aliphatic carbocycles. The van der Waals surface area contributed by atoms with Crippen molar-refractivity contribution < 1.29 is 19.0 Å². The summed E-state index contributed by atoms with van der Waals surface area (Å²) >= 11 is 0. The van der Waals surface area contributed by atoms with Crippen LogP contribution >= 0.6 is 0 Å². The number of hydrogen-bond donors (Lipinski definition) is 3. The molecule has 16 heteroatoms. The van der Waals surface area contributed by atoms with Crippen LogP contribution in [0.2, 0.25) is 0 Å². The van der Waals surface area contributed by atoms with Gasteiger partial charge in [0.2, 0.25) is 5.88 Å². The van der Waals surface area contributed by atoms with Gasteiger partial charge in [-0.05, 0) is 69.1 Å². The van der Waals surface area contributed by atoms with Gasteiger partial charge in [-0.15, -0.1) is 0 Å². The Morgan fingerprint density at radius 3 is 2.24 bits per heavy atom. The van der Waals surface area contributed by atoms with Gasteiger partial charge in [-0.2, -0.15) is 10.5 Å². The van der Waals surface area contributed by atoms with Gasteiger partial charge in [-0.1, -0.05) is 0 Å². The van der Waals surface area contributed by atoms with Crippen LogP contribution in [0.1, 0.15) is 67.1 Å². The summed E-state index contributed by atoms with van der Waals surface area (Å²) in [7, 11) is 1.58. The lowest BCUT2D eigenvalue weighted by molar-refractivity contribution is -0.0814. The minimum Gasteiger partial charge on any atom is -0.475 e. The van der Waals surface area contributed by atoms with Crippen molar-refractivity contribution in [3.8, 4) is 18.0 Å². The molecule has 55 heavy (non-hydrogen) atoms. The van der Waals surface area contributed by atoms with Crippen molar-refractivity contribution in [2.75, 3.05) is 69.4 Å². The number of aromatic amines is 1. The summed E-state index contributed by atoms with van der Waals surface area (Å²) in [5.41, 5.74) is 1.62. The molecule has 0 atom stereocenters. The summed E-state index contributed by atoms with van der Waals surface area (Å²) in [4.78, 5) is 56.8. The molecule has 0 bridgehead atoms. The Labute approximate surface area is 317 Å². The van der Waals surface area contributed by atoms with Crippen molar-refractivity contribution in [2.45, 2.75) is 63.8 Å². The number of aromatic nitrogens is 4. The highest BCUT2D eigenvalue weighted by atomic mass is 16.5. The molecule has 16 nitrogen and oxygen atoms in total. The number of nitrogens with one attached hydrogen (secondary N) is 3. The molecule has 8 rings (SSSR count). The molecule has 1 spiro atoms. The standard InChI is InChI=1S/C39H44N10O6/c1-38(9-13-47(14-10-38)33-25(19-40)35(50)45-27-4-6-30(46-31(27)33)54-18-17-53-2)55-23-49-29-5-3-28(36(51)43-24-21-42-22-24)44-32(29)34(26(20-41)37(49)52)48-15-11-39(7-8-39)12-16-48/h3-6,24,42H,7-18,21-23H2,1-2H3,(H,43,51)(H,45,50). The third kappa shape index (κ3) is 6.97. The third-order valence-electron chi connectivity index (χ3n) is 11.8. The first-order chi connectivity index (χ1) is 26.6. The van der Waals surface area contributed by atoms with Gasteiger partial charge in [0.15, 0.2) is 0 Å². The monoisotopic (exact) mass is 748 g/mol. The van der Waals surface area contributed by atoms with Crippen molar-refractivity contribution in [3.05, 3.63) is 61.8 Å². The second-order valence-electron chi connectivity index (χ2n) is 15.3. The maximum atomic E-state index is 14.2. The van der Waals surface area contributed by atoms with Crippen molar-refractivity contribution in [1.29, 1.82) is 10.5 Å². The fraction of sp³-hybridized carbons (Fsp3) is 0.513. The first-order valence-electron chi connectivity index (χ1n) is 18.9. The molecule has 0 radical (unpaired) electrons. The SMILES string of the molecule is COCCOc1ccc2[nH]c(=O)c(C#N)c(N3CCC(C)(OCn4c(=O)c(C#N)c(N5CCC6(CC5)CC6)c5nc(C(=O)NC6CNC6)ccc54)CC3)c2n1. The smallest absolute Gasteiger partial charge is 0.273 e. The highest BCUT2D eigenvalue weighted by Gasteiger charge is 2.45. The van der Waals surface area contributed by atoms with Gasteiger partial charge < -0.3 is 39.6 Å². The number of piperidine rings is 2. The van der Waals surface area contributed by atoms with Crippen LogP contribution in [0.4, 0.5) is 11.4 Å². The number of H-pyrrole nitrogens is 1. The van der Waals surface area contributed by atoms with Gasteiger partial charge >= 0.3 is 0 Å². The highest BCUT2D eigenvalue weighted by Crippen LogP contribution is 2.54. The van der Waals surface area contributed by atoms with Gasteiger partial charge in [-0.3, -0.25) is 19.0 Å². The lowest BCUT2D eigenvalue weighted by atomic mass is 9.92. The summed E-state index contributed by atoms with van der Waals surface area (Å²) in [6.07, 6.45) is 5.39. The van der Waals surface area contributed by atoms with E-state index in [2.05, 4.69) is 37.6 Å². The molecule has 3 aliphatic heterocycles. The molecule has 4 aromatic rings. The topological polar surface area (TPSA) is 204 Å². The molecule has 4 fully saturated rings. The summed E-state index contributed by atoms with van der Waals surface area (Å²) < 4.78 is 18.8. The zero-order chi connectivity index (χ0) is 38.3. The van der Waals surface area contributed by atoms with Gasteiger partial charge in [0.1, 0.15) is 53.3 Å². The Morgan fingerprint density at radius 1 is 0.909 bits per heavy atom. The second kappa shape index (κ2) is 14.6. The molecule has 286 valence electrons. The van der Waals surface area contributed by atoms with E-state index in [4.69, 9.17) is 19.2 Å². The number of nitriles is 2. The van der Waals surface area contributed by atoms with Gasteiger partial charge in [0.25, 0.3) is 17.0 Å². The summed E-state index contributed by atoms with van der Waals surface area (Å²) in [5, 5.41) is 26.7. The van der Waals surface area contributed by atoms with Crippen molar-refractivity contribution >= 4 is 39.3 Å². The first-order valence-corrected chi connectivity index (χ1v) is 18.9. The molecule has 1 amide bonds. The van der Waals surface area contributed by atoms with E-state index in [0.29, 0.717) is 110 Å². The maximum absolute atomic E-state index is 14.2. The lowest BCUT2D eigenvalue weighted by Crippen LogP contribution is -2.57. The number of rotatable bonds is 11. The molecule has 4 aromatic heterocycles. The Balaban J connectivity index is 1.07. The fourth-order valence-electron chi connectivity index (χ4n) is 7.93. The van der Waals surface area contributed by atoms with Crippen LogP contribution in [0.5, 0.6) is 5.88 Å². The van der Waals surface area contributed by atoms with Crippen LogP contribution in [0.25, 0.3) is 22.1 Å². The summed E-state index contributed by atoms with van der Waals surface area (Å²) in [5.74, 6) is 0.0388. The van der Waals surface area contributed by atoms with Crippen LogP contribution in [-0.2, 0) is 16.2 Å². The van der Waals surface area contributed by atoms with E-state index in [-0.39, 0.29) is 35.5 Å². The second-order valence-corrected chi connectivity index (χ2v) is 15.3. The number of ether oxygens (including phenoxy) is 3. The minimum absolute atomic E-state index is 0.0145. The van der Waals surface area contributed by atoms with E-state index in [1.807, 2.05) is 11.8 Å². The van der Waals surface area contributed by atoms with E-state index in [0.717, 1.165) is 12.8 Å². The van der Waals surface area contributed by atoms with E-state index in [1.165, 1.54) is 17.4 Å². The molecular weight excluding hydrogens is 704 g/mol. The molecule has 0 unspecified atom stereocenters. The molecule has 3 saturated heterocycles. The van der Waals surface area contributed by atoms with Crippen LogP contribution < -0.4 is 36.3 Å². The molecule has 1 saturated carbocycles. The summed E-state index contributed by atoms with van der Waals surface area (Å²) in [6, 6.07) is 11.0. The van der Waals surface area contributed by atoms with E-state index in [1.54, 1.807) is 31.4 Å². The van der Waals surface area contributed by atoms with Crippen molar-refractivity contribution in [2.24, 2.45) is 5.41 Å². The zero-order valence-electron chi connectivity index (χ0n) is 31.1. The van der Waals surface area contributed by atoms with E-state index in [9.17, 15) is 24.9 Å². The largest absolute Gasteiger partial charge is 0.475 e. The maximum Gasteiger partial charge on any atom is 0.273 e. The van der Waals surface area contributed by atoms with Crippen molar-refractivity contribution in [1.82, 2.24) is 30.2 Å². The van der Waals surface area contributed by atoms with Crippen molar-refractivity contribution in [3.63, 3.8) is 0 Å². The Hall–Kier alpha value is -5.55. The number of fused-ring (bicyclic) bond motifs is 2. The average molecular weight is 749 g/mol. The molecule has 4 aliphatic rings. The minimum atomic E-state index is -0.699. The Kier molecular flexibility index (Phi) is 9.67. The van der Waals surface area contributed by atoms with Gasteiger partial charge in [0, 0.05) is 52.4 Å². The lowest BCUT2D eigenvalue weighted by Gasteiger charge is -2.40. The molecular formula is C39H44N10O6. The first kappa shape index (κ1) is 36.4. The highest BCUT2D eigenvalue weighted by molar-refractivity contribution is 5.98. The Morgan fingerprint density at radius 2 is 1.60 bits per heavy atom. The number of anilines is 2. The number of pyridine rings is 4. The predicted molar refractivity (Wildman–Crippen MR) is 203 cm³/mol. The average Bonchev–Trinajstić information content (AvgIpc) is 3.94. The number of carbonyl (C=O) groups is 1. The van der Waals surface area contributed by atoms with Crippen LogP contribution in [-0.4, -0.2) is 96.7 Å². The number of methoxy groups -OCH3 is 1. The van der Waals surface area contributed by atoms with Crippen LogP contribution in [0.15, 0.2) is 33.9 Å². The number of hydrogen-bond acceptors (Lipinski definition) is 13. The normalized spacial score (nSPS) is 18.8. The molecule has 0 aromatic carbocycles. The number of amides is 1. The Bertz CT molecular complexity index is 2350. The fourth-order valence-corrected chi connectivity index (χ4v) is 7.93. The molecule has 7 heterocycles. The summed E-state index contributed by atoms with van der Waals surface area (Å²) in [6.45, 7) is 6.15. The number of carbonyl (C=O) groups excluding carboxylic acids is 1. The van der Waals surface area contributed by atoms with Crippen LogP contribution in [0.3, 0.4) is 0 Å². The van der Waals surface area contributed by atoms with E-state index < -0.39 is 16.7 Å².